The molecule has 1 aromatic rings. The maximum absolute atomic E-state index is 5.71. The number of likely N-dealkylation sites (tertiary alicyclic amines) is 1. The van der Waals surface area contributed by atoms with E-state index >= 15 is 0 Å². The molecule has 0 spiro atoms. The van der Waals surface area contributed by atoms with E-state index in [4.69, 9.17) is 5.73 Å². The third-order valence-corrected chi connectivity index (χ3v) is 2.77. The molecule has 1 heterocycles. The number of rotatable bonds is 4. The normalized spacial score (nSPS) is 18.1. The van der Waals surface area contributed by atoms with Crippen LogP contribution in [0.2, 0.25) is 0 Å². The highest BCUT2D eigenvalue weighted by atomic mass is 15.2. The summed E-state index contributed by atoms with van der Waals surface area (Å²) in [4.78, 5) is 2.42. The minimum atomic E-state index is 0.437. The summed E-state index contributed by atoms with van der Waals surface area (Å²) in [5.41, 5.74) is 7.15. The Hall–Kier alpha value is -0.860. The first kappa shape index (κ1) is 9.69. The molecule has 0 aliphatic carbocycles. The summed E-state index contributed by atoms with van der Waals surface area (Å²) in [6.45, 7) is 3.38. The lowest BCUT2D eigenvalue weighted by Crippen LogP contribution is -2.55. The number of nitrogens with zero attached hydrogens (tertiary/aromatic N) is 1. The van der Waals surface area contributed by atoms with Gasteiger partial charge >= 0.3 is 0 Å². The van der Waals surface area contributed by atoms with Gasteiger partial charge in [0.2, 0.25) is 0 Å². The standard InChI is InChI=1S/C12H18N2/c13-12-9-14(10-12)8-4-7-11-5-2-1-3-6-11/h1-3,5-6,12H,4,7-10,13H2. The number of benzene rings is 1. The molecular weight excluding hydrogens is 172 g/mol. The zero-order valence-electron chi connectivity index (χ0n) is 8.52. The number of nitrogens with two attached hydrogens (primary N) is 1. The molecule has 0 aromatic heterocycles. The maximum Gasteiger partial charge on any atom is 0.0297 e. The highest BCUT2D eigenvalue weighted by Crippen LogP contribution is 2.08. The average molecular weight is 190 g/mol. The van der Waals surface area contributed by atoms with Gasteiger partial charge in [0.1, 0.15) is 0 Å². The van der Waals surface area contributed by atoms with Gasteiger partial charge in [-0.05, 0) is 24.9 Å². The van der Waals surface area contributed by atoms with Gasteiger partial charge in [0.25, 0.3) is 0 Å². The van der Waals surface area contributed by atoms with Crippen molar-refractivity contribution in [2.45, 2.75) is 18.9 Å². The van der Waals surface area contributed by atoms with Gasteiger partial charge in [0.05, 0.1) is 0 Å². The molecule has 1 fully saturated rings. The first-order valence-corrected chi connectivity index (χ1v) is 5.36. The van der Waals surface area contributed by atoms with E-state index in [1.54, 1.807) is 0 Å². The second kappa shape index (κ2) is 4.58. The minimum absolute atomic E-state index is 0.437. The fraction of sp³-hybridized carbons (Fsp3) is 0.500. The Morgan fingerprint density at radius 3 is 2.57 bits per heavy atom. The summed E-state index contributed by atoms with van der Waals surface area (Å²) in [7, 11) is 0. The van der Waals surface area contributed by atoms with Crippen molar-refractivity contribution in [3.8, 4) is 0 Å². The van der Waals surface area contributed by atoms with Crippen LogP contribution in [0.25, 0.3) is 0 Å². The summed E-state index contributed by atoms with van der Waals surface area (Å²) < 4.78 is 0. The third-order valence-electron chi connectivity index (χ3n) is 2.77. The van der Waals surface area contributed by atoms with Crippen LogP contribution in [-0.4, -0.2) is 30.6 Å². The van der Waals surface area contributed by atoms with Crippen LogP contribution in [-0.2, 0) is 6.42 Å². The monoisotopic (exact) mass is 190 g/mol. The Morgan fingerprint density at radius 1 is 1.21 bits per heavy atom. The lowest BCUT2D eigenvalue weighted by Gasteiger charge is -2.36. The van der Waals surface area contributed by atoms with E-state index in [9.17, 15) is 0 Å². The van der Waals surface area contributed by atoms with Crippen LogP contribution in [0, 0.1) is 0 Å². The summed E-state index contributed by atoms with van der Waals surface area (Å²) >= 11 is 0. The quantitative estimate of drug-likeness (QED) is 0.774. The molecule has 0 unspecified atom stereocenters. The van der Waals surface area contributed by atoms with Crippen molar-refractivity contribution in [1.82, 2.24) is 4.90 Å². The fourth-order valence-electron chi connectivity index (χ4n) is 1.94. The van der Waals surface area contributed by atoms with E-state index in [1.165, 1.54) is 24.9 Å². The van der Waals surface area contributed by atoms with Gasteiger partial charge in [-0.1, -0.05) is 30.3 Å². The highest BCUT2D eigenvalue weighted by Gasteiger charge is 2.21. The van der Waals surface area contributed by atoms with E-state index < -0.39 is 0 Å². The molecule has 76 valence electrons. The molecule has 2 rings (SSSR count). The van der Waals surface area contributed by atoms with Crippen molar-refractivity contribution in [2.75, 3.05) is 19.6 Å². The second-order valence-electron chi connectivity index (χ2n) is 4.11. The van der Waals surface area contributed by atoms with Gasteiger partial charge < -0.3 is 10.6 Å². The molecule has 14 heavy (non-hydrogen) atoms. The van der Waals surface area contributed by atoms with Crippen molar-refractivity contribution in [2.24, 2.45) is 5.73 Å². The van der Waals surface area contributed by atoms with Gasteiger partial charge in [-0.15, -0.1) is 0 Å². The van der Waals surface area contributed by atoms with Crippen molar-refractivity contribution < 1.29 is 0 Å². The molecule has 0 saturated carbocycles. The number of aryl methyl sites for hydroxylation is 1. The Balaban J connectivity index is 1.64. The molecule has 0 atom stereocenters. The molecular formula is C12H18N2. The van der Waals surface area contributed by atoms with Gasteiger partial charge in [-0.2, -0.15) is 0 Å². The zero-order chi connectivity index (χ0) is 9.80. The first-order valence-electron chi connectivity index (χ1n) is 5.36. The van der Waals surface area contributed by atoms with Crippen molar-refractivity contribution in [3.63, 3.8) is 0 Å². The molecule has 2 N–H and O–H groups in total. The maximum atomic E-state index is 5.71. The lowest BCUT2D eigenvalue weighted by atomic mass is 10.1. The zero-order valence-corrected chi connectivity index (χ0v) is 8.52. The predicted octanol–water partition coefficient (Wildman–Crippen LogP) is 1.26. The van der Waals surface area contributed by atoms with E-state index in [0.717, 1.165) is 13.1 Å². The SMILES string of the molecule is NC1CN(CCCc2ccccc2)C1. The van der Waals surface area contributed by atoms with E-state index in [-0.39, 0.29) is 0 Å². The molecule has 0 amide bonds. The summed E-state index contributed by atoms with van der Waals surface area (Å²) in [5, 5.41) is 0. The van der Waals surface area contributed by atoms with Crippen LogP contribution >= 0.6 is 0 Å². The molecule has 0 bridgehead atoms. The Bertz CT molecular complexity index is 265. The Morgan fingerprint density at radius 2 is 1.93 bits per heavy atom. The lowest BCUT2D eigenvalue weighted by molar-refractivity contribution is 0.149. The van der Waals surface area contributed by atoms with Crippen LogP contribution in [0.3, 0.4) is 0 Å². The van der Waals surface area contributed by atoms with E-state index in [0.29, 0.717) is 6.04 Å². The van der Waals surface area contributed by atoms with Crippen LogP contribution in [0.15, 0.2) is 30.3 Å². The first-order chi connectivity index (χ1) is 6.84. The fourth-order valence-corrected chi connectivity index (χ4v) is 1.94. The summed E-state index contributed by atoms with van der Waals surface area (Å²) in [6, 6.07) is 11.1. The van der Waals surface area contributed by atoms with Gasteiger partial charge in [0, 0.05) is 19.1 Å². The smallest absolute Gasteiger partial charge is 0.0297 e. The molecule has 1 aromatic carbocycles. The Labute approximate surface area is 85.7 Å². The van der Waals surface area contributed by atoms with Gasteiger partial charge in [-0.3, -0.25) is 0 Å². The summed E-state index contributed by atoms with van der Waals surface area (Å²) in [6.07, 6.45) is 2.43. The van der Waals surface area contributed by atoms with Crippen molar-refractivity contribution in [3.05, 3.63) is 35.9 Å². The van der Waals surface area contributed by atoms with Gasteiger partial charge in [-0.25, -0.2) is 0 Å². The van der Waals surface area contributed by atoms with Crippen LogP contribution < -0.4 is 5.73 Å². The van der Waals surface area contributed by atoms with Gasteiger partial charge in [0.15, 0.2) is 0 Å². The second-order valence-corrected chi connectivity index (χ2v) is 4.11. The summed E-state index contributed by atoms with van der Waals surface area (Å²) in [5.74, 6) is 0. The molecule has 1 saturated heterocycles. The van der Waals surface area contributed by atoms with Crippen LogP contribution in [0.1, 0.15) is 12.0 Å². The number of hydrogen-bond acceptors (Lipinski definition) is 2. The Kier molecular flexibility index (Phi) is 3.17. The molecule has 1 aliphatic heterocycles. The third kappa shape index (κ3) is 2.56. The van der Waals surface area contributed by atoms with E-state index in [2.05, 4.69) is 35.2 Å². The minimum Gasteiger partial charge on any atom is -0.325 e. The molecule has 2 heteroatoms. The van der Waals surface area contributed by atoms with Crippen LogP contribution in [0.4, 0.5) is 0 Å². The molecule has 0 radical (unpaired) electrons. The average Bonchev–Trinajstić information content (AvgIpc) is 2.17. The predicted molar refractivity (Wildman–Crippen MR) is 59.2 cm³/mol. The van der Waals surface area contributed by atoms with Crippen LogP contribution in [0.5, 0.6) is 0 Å². The number of hydrogen-bond donors (Lipinski definition) is 1. The topological polar surface area (TPSA) is 29.3 Å². The molecule has 2 nitrogen and oxygen atoms in total. The largest absolute Gasteiger partial charge is 0.325 e. The van der Waals surface area contributed by atoms with E-state index in [1.807, 2.05) is 0 Å². The van der Waals surface area contributed by atoms with Crippen molar-refractivity contribution in [1.29, 1.82) is 0 Å². The van der Waals surface area contributed by atoms with Crippen molar-refractivity contribution >= 4 is 0 Å². The highest BCUT2D eigenvalue weighted by molar-refractivity contribution is 5.14. The molecule has 1 aliphatic rings.